The number of nitrogens with two attached hydrogens (primary N) is 1. The molecule has 0 aliphatic heterocycles. The Labute approximate surface area is 125 Å². The van der Waals surface area contributed by atoms with Gasteiger partial charge in [0, 0.05) is 0 Å². The van der Waals surface area contributed by atoms with Gasteiger partial charge in [0.15, 0.2) is 0 Å². The molecule has 42 valence electrons. The minimum absolute atomic E-state index is 0. The summed E-state index contributed by atoms with van der Waals surface area (Å²) in [6, 6.07) is -0.731. The zero-order chi connectivity index (χ0) is 5.15. The molecule has 0 spiro atoms. The van der Waals surface area contributed by atoms with E-state index in [0.717, 1.165) is 0 Å². The van der Waals surface area contributed by atoms with Crippen molar-refractivity contribution in [2.24, 2.45) is 5.73 Å². The summed E-state index contributed by atoms with van der Waals surface area (Å²) < 4.78 is 0. The van der Waals surface area contributed by atoms with Crippen LogP contribution in [0.1, 0.15) is 11.2 Å². The van der Waals surface area contributed by atoms with Gasteiger partial charge in [0.1, 0.15) is 6.04 Å². The first-order chi connectivity index (χ1) is 2.64. The first-order valence-corrected chi connectivity index (χ1v) is 1.63. The maximum Gasteiger partial charge on any atom is 1.00 e. The van der Waals surface area contributed by atoms with Crippen molar-refractivity contribution in [2.75, 3.05) is 0 Å². The minimum Gasteiger partial charge on any atom is -1.00 e. The van der Waals surface area contributed by atoms with Gasteiger partial charge in [-0.25, -0.2) is 0 Å². The minimum atomic E-state index is -0.963. The molecule has 0 rings (SSSR count). The molecule has 3 nitrogen and oxygen atoms in total. The summed E-state index contributed by atoms with van der Waals surface area (Å²) in [4.78, 5) is 9.57. The monoisotopic (exact) mass is 161 g/mol. The summed E-state index contributed by atoms with van der Waals surface area (Å²) in [7, 11) is 0. The summed E-state index contributed by atoms with van der Waals surface area (Å²) >= 11 is 0. The molecule has 0 aliphatic rings. The smallest absolute Gasteiger partial charge is 1.00 e. The fourth-order valence-electron chi connectivity index (χ4n) is 0. The fraction of sp³-hybridized carbons (Fsp3) is 0.667. The Bertz CT molecular complexity index is 77.8. The van der Waals surface area contributed by atoms with E-state index in [1.54, 1.807) is 0 Å². The molecule has 6 heteroatoms. The van der Waals surface area contributed by atoms with Crippen LogP contribution in [-0.4, -0.2) is 17.1 Å². The van der Waals surface area contributed by atoms with Crippen LogP contribution in [0, 0.1) is 0 Å². The van der Waals surface area contributed by atoms with Crippen molar-refractivity contribution < 1.29 is 103 Å². The number of rotatable bonds is 1. The van der Waals surface area contributed by atoms with E-state index in [-0.39, 0.29) is 93.0 Å². The van der Waals surface area contributed by atoms with Crippen molar-refractivity contribution in [1.29, 1.82) is 0 Å². The van der Waals surface area contributed by atoms with Crippen LogP contribution in [0.25, 0.3) is 0 Å². The third-order valence-corrected chi connectivity index (χ3v) is 0.390. The second-order valence-corrected chi connectivity index (χ2v) is 1.13. The quantitative estimate of drug-likeness (QED) is 0.375. The van der Waals surface area contributed by atoms with Gasteiger partial charge in [-0.05, 0) is 6.92 Å². The predicted octanol–water partition coefficient (Wildman–Crippen LogP) is -9.23. The molecule has 0 amide bonds. The van der Waals surface area contributed by atoms with E-state index in [9.17, 15) is 4.79 Å². The topological polar surface area (TPSA) is 63.3 Å². The first kappa shape index (κ1) is 22.5. The molecule has 0 bridgehead atoms. The van der Waals surface area contributed by atoms with Crippen LogP contribution in [0.2, 0.25) is 0 Å². The molecule has 0 radical (unpaired) electrons. The molecule has 0 fully saturated rings. The van der Waals surface area contributed by atoms with Gasteiger partial charge in [0.05, 0.1) is 0 Å². The van der Waals surface area contributed by atoms with Crippen molar-refractivity contribution in [2.45, 2.75) is 13.0 Å². The van der Waals surface area contributed by atoms with Crippen LogP contribution >= 0.6 is 0 Å². The van der Waals surface area contributed by atoms with Crippen molar-refractivity contribution in [3.05, 3.63) is 0 Å². The van der Waals surface area contributed by atoms with E-state index in [4.69, 9.17) is 10.8 Å². The maximum atomic E-state index is 9.57. The molecule has 0 aromatic heterocycles. The Morgan fingerprint density at radius 2 is 1.67 bits per heavy atom. The molecular weight excluding hydrogens is 151 g/mol. The zero-order valence-electron chi connectivity index (χ0n) is 9.51. The van der Waals surface area contributed by atoms with Crippen molar-refractivity contribution in [1.82, 2.24) is 0 Å². The van der Waals surface area contributed by atoms with Crippen LogP contribution in [0.3, 0.4) is 0 Å². The number of hydrogen-bond acceptors (Lipinski definition) is 2. The van der Waals surface area contributed by atoms with Crippen molar-refractivity contribution in [3.8, 4) is 0 Å². The Hall–Kier alpha value is 2.43. The van der Waals surface area contributed by atoms with Crippen LogP contribution in [0.4, 0.5) is 0 Å². The van der Waals surface area contributed by atoms with Crippen LogP contribution in [0.5, 0.6) is 0 Å². The standard InChI is InChI=1S/C3H7NO2.3Na.3H/c1-2(4)3(5)6;;;;;;/h2H,4H2,1H3,(H,5,6);;;;;;/q;3*+1;3*-1. The summed E-state index contributed by atoms with van der Waals surface area (Å²) in [6.07, 6.45) is 0. The molecule has 0 aromatic carbocycles. The average molecular weight is 161 g/mol. The van der Waals surface area contributed by atoms with Gasteiger partial charge >= 0.3 is 94.6 Å². The van der Waals surface area contributed by atoms with E-state index in [0.29, 0.717) is 0 Å². The van der Waals surface area contributed by atoms with Gasteiger partial charge in [-0.3, -0.25) is 4.79 Å². The molecule has 0 saturated carbocycles. The summed E-state index contributed by atoms with van der Waals surface area (Å²) in [5.41, 5.74) is 4.84. The van der Waals surface area contributed by atoms with E-state index in [1.807, 2.05) is 0 Å². The summed E-state index contributed by atoms with van der Waals surface area (Å²) in [5, 5.41) is 7.87. The Balaban J connectivity index is -0.00000000833. The molecule has 0 heterocycles. The average Bonchev–Trinajstić information content (AvgIpc) is 1.36. The van der Waals surface area contributed by atoms with Crippen LogP contribution in [-0.2, 0) is 4.79 Å². The van der Waals surface area contributed by atoms with Gasteiger partial charge in [0.2, 0.25) is 0 Å². The van der Waals surface area contributed by atoms with Crippen molar-refractivity contribution in [3.63, 3.8) is 0 Å². The number of hydrogen-bond donors (Lipinski definition) is 2. The van der Waals surface area contributed by atoms with Gasteiger partial charge in [0.25, 0.3) is 0 Å². The largest absolute Gasteiger partial charge is 1.00 e. The molecule has 9 heavy (non-hydrogen) atoms. The Morgan fingerprint density at radius 1 is 1.56 bits per heavy atom. The summed E-state index contributed by atoms with van der Waals surface area (Å²) in [5.74, 6) is -0.963. The molecule has 0 aliphatic carbocycles. The van der Waals surface area contributed by atoms with E-state index in [2.05, 4.69) is 0 Å². The number of carboxylic acids is 1. The van der Waals surface area contributed by atoms with Crippen LogP contribution < -0.4 is 94.4 Å². The third kappa shape index (κ3) is 17.9. The predicted molar refractivity (Wildman–Crippen MR) is 24.6 cm³/mol. The molecule has 1 unspecified atom stereocenters. The van der Waals surface area contributed by atoms with Gasteiger partial charge in [-0.1, -0.05) is 0 Å². The second-order valence-electron chi connectivity index (χ2n) is 1.13. The number of aliphatic carboxylic acids is 1. The normalized spacial score (nSPS) is 9.11. The maximum absolute atomic E-state index is 9.57. The summed E-state index contributed by atoms with van der Waals surface area (Å²) in [6.45, 7) is 1.42. The number of carbonyl (C=O) groups is 1. The number of carboxylic acid groups (broad SMARTS) is 1. The van der Waals surface area contributed by atoms with Gasteiger partial charge < -0.3 is 15.1 Å². The molecule has 0 saturated heterocycles. The Kier molecular flexibility index (Phi) is 32.7. The fourth-order valence-corrected chi connectivity index (χ4v) is 0. The van der Waals surface area contributed by atoms with E-state index < -0.39 is 12.0 Å². The van der Waals surface area contributed by atoms with Crippen molar-refractivity contribution >= 4 is 5.97 Å². The third-order valence-electron chi connectivity index (χ3n) is 0.390. The van der Waals surface area contributed by atoms with E-state index in [1.165, 1.54) is 6.92 Å². The Morgan fingerprint density at radius 3 is 1.67 bits per heavy atom. The van der Waals surface area contributed by atoms with Crippen LogP contribution in [0.15, 0.2) is 0 Å². The van der Waals surface area contributed by atoms with Gasteiger partial charge in [-0.2, -0.15) is 0 Å². The molecule has 3 N–H and O–H groups in total. The van der Waals surface area contributed by atoms with Gasteiger partial charge in [-0.15, -0.1) is 0 Å². The first-order valence-electron chi connectivity index (χ1n) is 1.63. The molecule has 0 aromatic rings. The molecular formula is C3H10NNa3O2. The molecule has 1 atom stereocenters. The second kappa shape index (κ2) is 13.1. The van der Waals surface area contributed by atoms with E-state index >= 15 is 0 Å². The SMILES string of the molecule is CC(N)C(=O)O.[H-].[H-].[H-].[Na+].[Na+].[Na+]. The zero-order valence-corrected chi connectivity index (χ0v) is 12.5.